The van der Waals surface area contributed by atoms with E-state index < -0.39 is 0 Å². The van der Waals surface area contributed by atoms with E-state index in [1.165, 1.54) is 7.11 Å². The molecule has 3 rings (SSSR count). The molecule has 1 aromatic heterocycles. The molecule has 0 unspecified atom stereocenters. The maximum atomic E-state index is 9.58. The SMILES string of the molecule is COc1cc(-c2ccc3cn[nH]c3c2)ccc1O. The number of methoxy groups -OCH3 is 1. The lowest BCUT2D eigenvalue weighted by Gasteiger charge is -2.07. The second-order valence-corrected chi connectivity index (χ2v) is 4.06. The number of aromatic amines is 1. The van der Waals surface area contributed by atoms with Gasteiger partial charge in [-0.25, -0.2) is 0 Å². The molecule has 4 nitrogen and oxygen atoms in total. The summed E-state index contributed by atoms with van der Waals surface area (Å²) in [5.74, 6) is 0.612. The molecule has 4 heteroatoms. The highest BCUT2D eigenvalue weighted by atomic mass is 16.5. The van der Waals surface area contributed by atoms with E-state index in [4.69, 9.17) is 4.74 Å². The molecule has 1 heterocycles. The lowest BCUT2D eigenvalue weighted by Crippen LogP contribution is -1.85. The van der Waals surface area contributed by atoms with Crippen molar-refractivity contribution in [3.8, 4) is 22.6 Å². The summed E-state index contributed by atoms with van der Waals surface area (Å²) in [6.07, 6.45) is 1.79. The van der Waals surface area contributed by atoms with E-state index in [1.807, 2.05) is 30.3 Å². The summed E-state index contributed by atoms with van der Waals surface area (Å²) >= 11 is 0. The van der Waals surface area contributed by atoms with Crippen molar-refractivity contribution in [1.82, 2.24) is 10.2 Å². The van der Waals surface area contributed by atoms with Gasteiger partial charge in [0.15, 0.2) is 11.5 Å². The van der Waals surface area contributed by atoms with Crippen molar-refractivity contribution in [2.24, 2.45) is 0 Å². The maximum absolute atomic E-state index is 9.58. The van der Waals surface area contributed by atoms with Gasteiger partial charge in [0.1, 0.15) is 0 Å². The van der Waals surface area contributed by atoms with Gasteiger partial charge in [-0.15, -0.1) is 0 Å². The van der Waals surface area contributed by atoms with Crippen LogP contribution < -0.4 is 4.74 Å². The minimum absolute atomic E-state index is 0.142. The summed E-state index contributed by atoms with van der Waals surface area (Å²) < 4.78 is 5.11. The van der Waals surface area contributed by atoms with Gasteiger partial charge < -0.3 is 9.84 Å². The fourth-order valence-electron chi connectivity index (χ4n) is 1.97. The second kappa shape index (κ2) is 4.07. The lowest BCUT2D eigenvalue weighted by molar-refractivity contribution is 0.373. The maximum Gasteiger partial charge on any atom is 0.161 e. The minimum Gasteiger partial charge on any atom is -0.504 e. The summed E-state index contributed by atoms with van der Waals surface area (Å²) in [4.78, 5) is 0. The van der Waals surface area contributed by atoms with Crippen LogP contribution >= 0.6 is 0 Å². The van der Waals surface area contributed by atoms with Gasteiger partial charge in [-0.3, -0.25) is 5.10 Å². The summed E-state index contributed by atoms with van der Waals surface area (Å²) in [7, 11) is 1.54. The molecule has 0 aliphatic carbocycles. The van der Waals surface area contributed by atoms with Crippen molar-refractivity contribution < 1.29 is 9.84 Å². The third-order valence-corrected chi connectivity index (χ3v) is 2.95. The first-order chi connectivity index (χ1) is 8.78. The average molecular weight is 240 g/mol. The predicted molar refractivity (Wildman–Crippen MR) is 69.7 cm³/mol. The van der Waals surface area contributed by atoms with E-state index in [-0.39, 0.29) is 5.75 Å². The van der Waals surface area contributed by atoms with Gasteiger partial charge in [0.05, 0.1) is 18.8 Å². The molecule has 0 fully saturated rings. The molecule has 0 bridgehead atoms. The molecule has 0 saturated carbocycles. The first-order valence-corrected chi connectivity index (χ1v) is 5.58. The van der Waals surface area contributed by atoms with Crippen LogP contribution in [0.25, 0.3) is 22.0 Å². The number of nitrogens with one attached hydrogen (secondary N) is 1. The standard InChI is InChI=1S/C14H12N2O2/c1-18-14-7-10(4-5-13(14)17)9-2-3-11-8-15-16-12(11)6-9/h2-8,17H,1H3,(H,15,16). The van der Waals surface area contributed by atoms with Crippen LogP contribution in [0.1, 0.15) is 0 Å². The highest BCUT2D eigenvalue weighted by Gasteiger charge is 2.05. The molecular formula is C14H12N2O2. The number of aromatic hydroxyl groups is 1. The molecule has 90 valence electrons. The zero-order valence-electron chi connectivity index (χ0n) is 9.84. The topological polar surface area (TPSA) is 58.1 Å². The molecule has 2 N–H and O–H groups in total. The van der Waals surface area contributed by atoms with E-state index in [0.29, 0.717) is 5.75 Å². The van der Waals surface area contributed by atoms with Crippen molar-refractivity contribution >= 4 is 10.9 Å². The number of aromatic nitrogens is 2. The second-order valence-electron chi connectivity index (χ2n) is 4.06. The number of H-pyrrole nitrogens is 1. The van der Waals surface area contributed by atoms with E-state index in [1.54, 1.807) is 12.3 Å². The number of phenolic OH excluding ortho intramolecular Hbond substituents is 1. The van der Waals surface area contributed by atoms with Crippen molar-refractivity contribution in [3.05, 3.63) is 42.6 Å². The monoisotopic (exact) mass is 240 g/mol. The first-order valence-electron chi connectivity index (χ1n) is 5.58. The number of nitrogens with zero attached hydrogens (tertiary/aromatic N) is 1. The Labute approximate surface area is 104 Å². The van der Waals surface area contributed by atoms with Gasteiger partial charge in [-0.2, -0.15) is 5.10 Å². The van der Waals surface area contributed by atoms with Crippen LogP contribution in [0.2, 0.25) is 0 Å². The summed E-state index contributed by atoms with van der Waals surface area (Å²) in [5.41, 5.74) is 3.02. The normalized spacial score (nSPS) is 10.7. The highest BCUT2D eigenvalue weighted by Crippen LogP contribution is 2.32. The van der Waals surface area contributed by atoms with Crippen molar-refractivity contribution in [1.29, 1.82) is 0 Å². The third-order valence-electron chi connectivity index (χ3n) is 2.95. The Balaban J connectivity index is 2.13. The molecule has 0 aliphatic rings. The van der Waals surface area contributed by atoms with Gasteiger partial charge >= 0.3 is 0 Å². The number of rotatable bonds is 2. The zero-order chi connectivity index (χ0) is 12.5. The van der Waals surface area contributed by atoms with Crippen molar-refractivity contribution in [2.45, 2.75) is 0 Å². The molecule has 18 heavy (non-hydrogen) atoms. The van der Waals surface area contributed by atoms with E-state index >= 15 is 0 Å². The van der Waals surface area contributed by atoms with Gasteiger partial charge in [-0.05, 0) is 29.3 Å². The fraction of sp³-hybridized carbons (Fsp3) is 0.0714. The van der Waals surface area contributed by atoms with Crippen molar-refractivity contribution in [3.63, 3.8) is 0 Å². The third kappa shape index (κ3) is 1.68. The largest absolute Gasteiger partial charge is 0.504 e. The molecule has 0 amide bonds. The lowest BCUT2D eigenvalue weighted by atomic mass is 10.0. The van der Waals surface area contributed by atoms with Crippen LogP contribution in [-0.2, 0) is 0 Å². The van der Waals surface area contributed by atoms with Crippen LogP contribution in [0.4, 0.5) is 0 Å². The number of hydrogen-bond acceptors (Lipinski definition) is 3. The smallest absolute Gasteiger partial charge is 0.161 e. The average Bonchev–Trinajstić information content (AvgIpc) is 2.86. The molecule has 0 aliphatic heterocycles. The number of ether oxygens (including phenoxy) is 1. The predicted octanol–water partition coefficient (Wildman–Crippen LogP) is 2.94. The Morgan fingerprint density at radius 1 is 1.11 bits per heavy atom. The van der Waals surface area contributed by atoms with Crippen LogP contribution in [0.15, 0.2) is 42.6 Å². The summed E-state index contributed by atoms with van der Waals surface area (Å²) in [6, 6.07) is 11.3. The molecule has 0 saturated heterocycles. The quantitative estimate of drug-likeness (QED) is 0.724. The Morgan fingerprint density at radius 2 is 1.89 bits per heavy atom. The number of benzene rings is 2. The molecular weight excluding hydrogens is 228 g/mol. The van der Waals surface area contributed by atoms with Gasteiger partial charge in [0.2, 0.25) is 0 Å². The summed E-state index contributed by atoms with van der Waals surface area (Å²) in [5, 5.41) is 17.6. The number of hydrogen-bond donors (Lipinski definition) is 2. The zero-order valence-corrected chi connectivity index (χ0v) is 9.84. The van der Waals surface area contributed by atoms with E-state index in [2.05, 4.69) is 10.2 Å². The Hall–Kier alpha value is -2.49. The van der Waals surface area contributed by atoms with E-state index in [0.717, 1.165) is 22.0 Å². The Morgan fingerprint density at radius 3 is 2.72 bits per heavy atom. The van der Waals surface area contributed by atoms with Gasteiger partial charge in [-0.1, -0.05) is 18.2 Å². The molecule has 3 aromatic rings. The first kappa shape index (κ1) is 10.7. The van der Waals surface area contributed by atoms with Crippen LogP contribution in [0.5, 0.6) is 11.5 Å². The van der Waals surface area contributed by atoms with Crippen LogP contribution in [0, 0.1) is 0 Å². The van der Waals surface area contributed by atoms with E-state index in [9.17, 15) is 5.11 Å². The number of phenols is 1. The van der Waals surface area contributed by atoms with Gasteiger partial charge in [0, 0.05) is 5.39 Å². The van der Waals surface area contributed by atoms with Gasteiger partial charge in [0.25, 0.3) is 0 Å². The molecule has 0 atom stereocenters. The number of fused-ring (bicyclic) bond motifs is 1. The fourth-order valence-corrected chi connectivity index (χ4v) is 1.97. The van der Waals surface area contributed by atoms with Crippen LogP contribution in [-0.4, -0.2) is 22.4 Å². The molecule has 2 aromatic carbocycles. The molecule has 0 radical (unpaired) electrons. The highest BCUT2D eigenvalue weighted by molar-refractivity contribution is 5.84. The minimum atomic E-state index is 0.142. The van der Waals surface area contributed by atoms with Crippen LogP contribution in [0.3, 0.4) is 0 Å². The van der Waals surface area contributed by atoms with Crippen molar-refractivity contribution in [2.75, 3.05) is 7.11 Å². The Bertz CT molecular complexity index is 704. The molecule has 0 spiro atoms. The Kier molecular flexibility index (Phi) is 2.41. The summed E-state index contributed by atoms with van der Waals surface area (Å²) in [6.45, 7) is 0.